The zero-order valence-electron chi connectivity index (χ0n) is 12.4. The van der Waals surface area contributed by atoms with Gasteiger partial charge in [0.15, 0.2) is 0 Å². The lowest BCUT2D eigenvalue weighted by Crippen LogP contribution is -2.18. The molecule has 0 heterocycles. The minimum Gasteiger partial charge on any atom is -0.392 e. The molecule has 0 saturated carbocycles. The highest BCUT2D eigenvalue weighted by Gasteiger charge is 2.14. The molecule has 112 valence electrons. The lowest BCUT2D eigenvalue weighted by molar-refractivity contribution is -0.116. The van der Waals surface area contributed by atoms with Gasteiger partial charge in [-0.05, 0) is 48.9 Å². The van der Waals surface area contributed by atoms with Crippen LogP contribution < -0.4 is 11.1 Å². The molecule has 4 N–H and O–H groups in total. The molecule has 0 aliphatic carbocycles. The SMILES string of the molecule is CC(C)C(CCN)CCC(=O)Nc1cccc(CO)c1. The molecule has 1 amide bonds. The van der Waals surface area contributed by atoms with Gasteiger partial charge in [-0.1, -0.05) is 26.0 Å². The van der Waals surface area contributed by atoms with E-state index in [1.807, 2.05) is 18.2 Å². The molecule has 0 aliphatic rings. The maximum atomic E-state index is 11.9. The Morgan fingerprint density at radius 3 is 2.70 bits per heavy atom. The van der Waals surface area contributed by atoms with Gasteiger partial charge in [-0.15, -0.1) is 0 Å². The summed E-state index contributed by atoms with van der Waals surface area (Å²) in [6.45, 7) is 4.99. The second-order valence-corrected chi connectivity index (χ2v) is 5.53. The van der Waals surface area contributed by atoms with Crippen molar-refractivity contribution in [3.8, 4) is 0 Å². The molecule has 0 bridgehead atoms. The van der Waals surface area contributed by atoms with Crippen LogP contribution in [0.2, 0.25) is 0 Å². The van der Waals surface area contributed by atoms with Gasteiger partial charge < -0.3 is 16.2 Å². The van der Waals surface area contributed by atoms with Crippen molar-refractivity contribution in [3.05, 3.63) is 29.8 Å². The van der Waals surface area contributed by atoms with E-state index in [4.69, 9.17) is 10.8 Å². The van der Waals surface area contributed by atoms with E-state index in [1.165, 1.54) is 0 Å². The molecule has 1 aromatic rings. The van der Waals surface area contributed by atoms with E-state index >= 15 is 0 Å². The third-order valence-electron chi connectivity index (χ3n) is 3.62. The Balaban J connectivity index is 2.46. The lowest BCUT2D eigenvalue weighted by Gasteiger charge is -2.19. The van der Waals surface area contributed by atoms with Gasteiger partial charge in [0.1, 0.15) is 0 Å². The molecular formula is C16H26N2O2. The van der Waals surface area contributed by atoms with Crippen molar-refractivity contribution in [3.63, 3.8) is 0 Å². The molecule has 1 aromatic carbocycles. The second-order valence-electron chi connectivity index (χ2n) is 5.53. The Morgan fingerprint density at radius 1 is 1.35 bits per heavy atom. The van der Waals surface area contributed by atoms with Gasteiger partial charge in [0.25, 0.3) is 0 Å². The lowest BCUT2D eigenvalue weighted by atomic mass is 9.88. The number of anilines is 1. The largest absolute Gasteiger partial charge is 0.392 e. The number of carbonyl (C=O) groups excluding carboxylic acids is 1. The number of aliphatic hydroxyl groups is 1. The van der Waals surface area contributed by atoms with Crippen molar-refractivity contribution >= 4 is 11.6 Å². The summed E-state index contributed by atoms with van der Waals surface area (Å²) in [5.74, 6) is 1.06. The molecule has 20 heavy (non-hydrogen) atoms. The van der Waals surface area contributed by atoms with Crippen molar-refractivity contribution in [1.82, 2.24) is 0 Å². The average molecular weight is 278 g/mol. The van der Waals surface area contributed by atoms with Gasteiger partial charge >= 0.3 is 0 Å². The van der Waals surface area contributed by atoms with E-state index in [0.717, 1.165) is 24.1 Å². The molecule has 1 rings (SSSR count). The first kappa shape index (κ1) is 16.7. The number of rotatable bonds is 8. The summed E-state index contributed by atoms with van der Waals surface area (Å²) in [5.41, 5.74) is 7.14. The number of hydrogen-bond donors (Lipinski definition) is 3. The highest BCUT2D eigenvalue weighted by atomic mass is 16.3. The van der Waals surface area contributed by atoms with E-state index in [2.05, 4.69) is 19.2 Å². The summed E-state index contributed by atoms with van der Waals surface area (Å²) >= 11 is 0. The number of carbonyl (C=O) groups is 1. The standard InChI is InChI=1S/C16H26N2O2/c1-12(2)14(8-9-17)6-7-16(20)18-15-5-3-4-13(10-15)11-19/h3-5,10,12,14,19H,6-9,11,17H2,1-2H3,(H,18,20). The van der Waals surface area contributed by atoms with Crippen LogP contribution in [-0.4, -0.2) is 17.6 Å². The van der Waals surface area contributed by atoms with Gasteiger partial charge in [-0.2, -0.15) is 0 Å². The normalized spacial score (nSPS) is 12.4. The summed E-state index contributed by atoms with van der Waals surface area (Å²) in [6.07, 6.45) is 2.33. The average Bonchev–Trinajstić information content (AvgIpc) is 2.43. The van der Waals surface area contributed by atoms with Gasteiger partial charge in [0.2, 0.25) is 5.91 Å². The number of nitrogens with one attached hydrogen (secondary N) is 1. The fourth-order valence-electron chi connectivity index (χ4n) is 2.31. The molecule has 0 fully saturated rings. The summed E-state index contributed by atoms with van der Waals surface area (Å²) in [6, 6.07) is 7.27. The molecule has 0 spiro atoms. The van der Waals surface area contributed by atoms with Crippen molar-refractivity contribution in [2.45, 2.75) is 39.7 Å². The predicted molar refractivity (Wildman–Crippen MR) is 82.2 cm³/mol. The van der Waals surface area contributed by atoms with Crippen molar-refractivity contribution in [2.24, 2.45) is 17.6 Å². The Kier molecular flexibility index (Phi) is 7.26. The number of aliphatic hydroxyl groups excluding tert-OH is 1. The van der Waals surface area contributed by atoms with E-state index in [1.54, 1.807) is 6.07 Å². The van der Waals surface area contributed by atoms with Crippen LogP contribution in [-0.2, 0) is 11.4 Å². The Morgan fingerprint density at radius 2 is 2.10 bits per heavy atom. The first-order valence-corrected chi connectivity index (χ1v) is 7.26. The minimum absolute atomic E-state index is 0.0164. The van der Waals surface area contributed by atoms with Gasteiger partial charge in [-0.3, -0.25) is 4.79 Å². The van der Waals surface area contributed by atoms with Crippen LogP contribution in [0.3, 0.4) is 0 Å². The summed E-state index contributed by atoms with van der Waals surface area (Å²) < 4.78 is 0. The van der Waals surface area contributed by atoms with E-state index in [0.29, 0.717) is 24.8 Å². The monoisotopic (exact) mass is 278 g/mol. The third-order valence-corrected chi connectivity index (χ3v) is 3.62. The van der Waals surface area contributed by atoms with E-state index < -0.39 is 0 Å². The van der Waals surface area contributed by atoms with Crippen LogP contribution in [0, 0.1) is 11.8 Å². The fraction of sp³-hybridized carbons (Fsp3) is 0.562. The maximum Gasteiger partial charge on any atom is 0.224 e. The van der Waals surface area contributed by atoms with Crippen LogP contribution in [0.25, 0.3) is 0 Å². The zero-order chi connectivity index (χ0) is 15.0. The van der Waals surface area contributed by atoms with Crippen LogP contribution in [0.15, 0.2) is 24.3 Å². The molecule has 4 heteroatoms. The van der Waals surface area contributed by atoms with E-state index in [-0.39, 0.29) is 12.5 Å². The van der Waals surface area contributed by atoms with Crippen molar-refractivity contribution < 1.29 is 9.90 Å². The molecule has 0 aromatic heterocycles. The number of hydrogen-bond acceptors (Lipinski definition) is 3. The highest BCUT2D eigenvalue weighted by molar-refractivity contribution is 5.90. The number of benzene rings is 1. The number of amides is 1. The highest BCUT2D eigenvalue weighted by Crippen LogP contribution is 2.21. The van der Waals surface area contributed by atoms with Crippen LogP contribution in [0.1, 0.15) is 38.7 Å². The molecule has 4 nitrogen and oxygen atoms in total. The van der Waals surface area contributed by atoms with Gasteiger partial charge in [-0.25, -0.2) is 0 Å². The molecular weight excluding hydrogens is 252 g/mol. The molecule has 0 radical (unpaired) electrons. The molecule has 0 saturated heterocycles. The molecule has 1 unspecified atom stereocenters. The van der Waals surface area contributed by atoms with Gasteiger partial charge in [0.05, 0.1) is 6.61 Å². The summed E-state index contributed by atoms with van der Waals surface area (Å²) in [4.78, 5) is 11.9. The smallest absolute Gasteiger partial charge is 0.224 e. The third kappa shape index (κ3) is 5.72. The molecule has 1 atom stereocenters. The minimum atomic E-state index is -0.0182. The Bertz CT molecular complexity index is 419. The van der Waals surface area contributed by atoms with Crippen LogP contribution >= 0.6 is 0 Å². The predicted octanol–water partition coefficient (Wildman–Crippen LogP) is 2.52. The Labute approximate surface area is 121 Å². The van der Waals surface area contributed by atoms with Gasteiger partial charge in [0, 0.05) is 12.1 Å². The molecule has 0 aliphatic heterocycles. The van der Waals surface area contributed by atoms with Crippen molar-refractivity contribution in [1.29, 1.82) is 0 Å². The van der Waals surface area contributed by atoms with Crippen molar-refractivity contribution in [2.75, 3.05) is 11.9 Å². The first-order chi connectivity index (χ1) is 9.56. The fourth-order valence-corrected chi connectivity index (χ4v) is 2.31. The van der Waals surface area contributed by atoms with E-state index in [9.17, 15) is 4.79 Å². The zero-order valence-corrected chi connectivity index (χ0v) is 12.4. The quantitative estimate of drug-likeness (QED) is 0.684. The maximum absolute atomic E-state index is 11.9. The summed E-state index contributed by atoms with van der Waals surface area (Å²) in [5, 5.41) is 11.9. The first-order valence-electron chi connectivity index (χ1n) is 7.26. The summed E-state index contributed by atoms with van der Waals surface area (Å²) in [7, 11) is 0. The van der Waals surface area contributed by atoms with Crippen LogP contribution in [0.4, 0.5) is 5.69 Å². The topological polar surface area (TPSA) is 75.4 Å². The number of nitrogens with two attached hydrogens (primary N) is 1. The second kappa shape index (κ2) is 8.72. The Hall–Kier alpha value is -1.39. The van der Waals surface area contributed by atoms with Crippen LogP contribution in [0.5, 0.6) is 0 Å².